The van der Waals surface area contributed by atoms with Gasteiger partial charge in [-0.15, -0.1) is 0 Å². The van der Waals surface area contributed by atoms with E-state index in [1.807, 2.05) is 0 Å². The van der Waals surface area contributed by atoms with Crippen LogP contribution in [0.2, 0.25) is 0 Å². The number of hydrogen-bond acceptors (Lipinski definition) is 6. The van der Waals surface area contributed by atoms with Crippen LogP contribution >= 0.6 is 31.9 Å². The second kappa shape index (κ2) is 9.61. The number of ether oxygens (including phenoxy) is 2. The third-order valence-electron chi connectivity index (χ3n) is 2.36. The van der Waals surface area contributed by atoms with Crippen LogP contribution in [0.1, 0.15) is 16.8 Å². The molecule has 0 aromatic heterocycles. The Morgan fingerprint density at radius 2 is 1.73 bits per heavy atom. The van der Waals surface area contributed by atoms with Gasteiger partial charge in [0, 0.05) is 12.2 Å². The summed E-state index contributed by atoms with van der Waals surface area (Å²) < 4.78 is 38.2. The van der Waals surface area contributed by atoms with Gasteiger partial charge in [0.15, 0.2) is 0 Å². The molecule has 1 rings (SSSR count). The SMILES string of the molecule is CS(=O)(=O)OCCCOCCOc1c(Br)cc(C=O)cc1Br. The van der Waals surface area contributed by atoms with Gasteiger partial charge in [0.1, 0.15) is 18.6 Å². The summed E-state index contributed by atoms with van der Waals surface area (Å²) in [6.45, 7) is 1.16. The molecule has 0 spiro atoms. The lowest BCUT2D eigenvalue weighted by Gasteiger charge is -2.11. The van der Waals surface area contributed by atoms with Crippen molar-refractivity contribution in [3.8, 4) is 5.75 Å². The fraction of sp³-hybridized carbons (Fsp3) is 0.462. The number of hydrogen-bond donors (Lipinski definition) is 0. The van der Waals surface area contributed by atoms with Crippen molar-refractivity contribution in [3.63, 3.8) is 0 Å². The number of benzene rings is 1. The minimum Gasteiger partial charge on any atom is -0.489 e. The van der Waals surface area contributed by atoms with Crippen LogP contribution in [-0.2, 0) is 19.0 Å². The van der Waals surface area contributed by atoms with Crippen molar-refractivity contribution in [1.82, 2.24) is 0 Å². The van der Waals surface area contributed by atoms with Crippen LogP contribution in [0.3, 0.4) is 0 Å². The van der Waals surface area contributed by atoms with E-state index in [4.69, 9.17) is 9.47 Å². The Morgan fingerprint density at radius 1 is 1.09 bits per heavy atom. The molecule has 0 atom stereocenters. The number of carbonyl (C=O) groups is 1. The molecule has 0 unspecified atom stereocenters. The highest BCUT2D eigenvalue weighted by atomic mass is 79.9. The van der Waals surface area contributed by atoms with E-state index in [0.717, 1.165) is 12.5 Å². The number of rotatable bonds is 10. The lowest BCUT2D eigenvalue weighted by atomic mass is 10.2. The molecule has 9 heteroatoms. The molecule has 124 valence electrons. The minimum atomic E-state index is -3.39. The molecule has 0 fully saturated rings. The van der Waals surface area contributed by atoms with E-state index in [-0.39, 0.29) is 6.61 Å². The fourth-order valence-corrected chi connectivity index (χ4v) is 3.33. The van der Waals surface area contributed by atoms with Gasteiger partial charge in [-0.2, -0.15) is 8.42 Å². The van der Waals surface area contributed by atoms with Crippen LogP contribution in [0.4, 0.5) is 0 Å². The van der Waals surface area contributed by atoms with Crippen LogP contribution in [0, 0.1) is 0 Å². The molecular weight excluding hydrogens is 444 g/mol. The van der Waals surface area contributed by atoms with Crippen LogP contribution in [0.25, 0.3) is 0 Å². The highest BCUT2D eigenvalue weighted by Crippen LogP contribution is 2.34. The average Bonchev–Trinajstić information content (AvgIpc) is 2.42. The van der Waals surface area contributed by atoms with Crippen LogP contribution in [-0.4, -0.2) is 47.4 Å². The van der Waals surface area contributed by atoms with Gasteiger partial charge >= 0.3 is 0 Å². The Bertz CT molecular complexity index is 580. The van der Waals surface area contributed by atoms with Crippen molar-refractivity contribution < 1.29 is 26.9 Å². The molecule has 1 aromatic carbocycles. The molecule has 0 radical (unpaired) electrons. The van der Waals surface area contributed by atoms with Gasteiger partial charge in [0.05, 0.1) is 28.4 Å². The number of aldehydes is 1. The first kappa shape index (κ1) is 19.6. The molecule has 0 aliphatic rings. The summed E-state index contributed by atoms with van der Waals surface area (Å²) in [7, 11) is -3.39. The second-order valence-corrected chi connectivity index (χ2v) is 7.62. The maximum Gasteiger partial charge on any atom is 0.264 e. The molecule has 0 heterocycles. The van der Waals surface area contributed by atoms with E-state index < -0.39 is 10.1 Å². The summed E-state index contributed by atoms with van der Waals surface area (Å²) in [6.07, 6.45) is 2.24. The molecule has 0 aliphatic heterocycles. The zero-order chi connectivity index (χ0) is 16.6. The van der Waals surface area contributed by atoms with Gasteiger partial charge in [0.25, 0.3) is 10.1 Å². The summed E-state index contributed by atoms with van der Waals surface area (Å²) in [6, 6.07) is 3.33. The normalized spacial score (nSPS) is 11.4. The third kappa shape index (κ3) is 7.68. The highest BCUT2D eigenvalue weighted by Gasteiger charge is 2.08. The van der Waals surface area contributed by atoms with E-state index in [1.165, 1.54) is 0 Å². The van der Waals surface area contributed by atoms with Crippen molar-refractivity contribution in [3.05, 3.63) is 26.6 Å². The van der Waals surface area contributed by atoms with Gasteiger partial charge in [0.2, 0.25) is 0 Å². The van der Waals surface area contributed by atoms with E-state index >= 15 is 0 Å². The summed E-state index contributed by atoms with van der Waals surface area (Å²) in [5.74, 6) is 0.592. The molecule has 1 aromatic rings. The third-order valence-corrected chi connectivity index (χ3v) is 4.13. The summed E-state index contributed by atoms with van der Waals surface area (Å²) in [5, 5.41) is 0. The van der Waals surface area contributed by atoms with Crippen LogP contribution in [0.5, 0.6) is 5.75 Å². The number of halogens is 2. The highest BCUT2D eigenvalue weighted by molar-refractivity contribution is 9.11. The molecule has 0 N–H and O–H groups in total. The Kier molecular flexibility index (Phi) is 8.55. The van der Waals surface area contributed by atoms with Crippen molar-refractivity contribution in [2.24, 2.45) is 0 Å². The standard InChI is InChI=1S/C13H16Br2O6S/c1-22(17,18)21-4-2-3-19-5-6-20-13-11(14)7-10(9-16)8-12(13)15/h7-9H,2-6H2,1H3. The molecule has 0 saturated heterocycles. The van der Waals surface area contributed by atoms with Crippen LogP contribution < -0.4 is 4.74 Å². The number of carbonyl (C=O) groups excluding carboxylic acids is 1. The topological polar surface area (TPSA) is 78.9 Å². The largest absolute Gasteiger partial charge is 0.489 e. The zero-order valence-electron chi connectivity index (χ0n) is 11.9. The predicted octanol–water partition coefficient (Wildman–Crippen LogP) is 2.79. The lowest BCUT2D eigenvalue weighted by Crippen LogP contribution is -2.10. The van der Waals surface area contributed by atoms with Crippen molar-refractivity contribution in [1.29, 1.82) is 0 Å². The lowest BCUT2D eigenvalue weighted by molar-refractivity contribution is 0.0906. The minimum absolute atomic E-state index is 0.101. The van der Waals surface area contributed by atoms with Gasteiger partial charge < -0.3 is 9.47 Å². The first-order valence-electron chi connectivity index (χ1n) is 6.32. The summed E-state index contributed by atoms with van der Waals surface area (Å²) in [4.78, 5) is 10.7. The molecule has 0 amide bonds. The average molecular weight is 460 g/mol. The van der Waals surface area contributed by atoms with E-state index in [2.05, 4.69) is 36.0 Å². The molecule has 6 nitrogen and oxygen atoms in total. The summed E-state index contributed by atoms with van der Waals surface area (Å²) in [5.41, 5.74) is 0.535. The molecule has 0 bridgehead atoms. The molecule has 0 aliphatic carbocycles. The first-order valence-corrected chi connectivity index (χ1v) is 9.73. The zero-order valence-corrected chi connectivity index (χ0v) is 15.9. The van der Waals surface area contributed by atoms with Crippen molar-refractivity contribution in [2.75, 3.05) is 32.7 Å². The van der Waals surface area contributed by atoms with Gasteiger partial charge in [-0.05, 0) is 50.4 Å². The first-order chi connectivity index (χ1) is 10.3. The Labute approximate surface area is 146 Å². The smallest absolute Gasteiger partial charge is 0.264 e. The van der Waals surface area contributed by atoms with E-state index in [0.29, 0.717) is 46.5 Å². The van der Waals surface area contributed by atoms with E-state index in [1.54, 1.807) is 12.1 Å². The molecule has 22 heavy (non-hydrogen) atoms. The quantitative estimate of drug-likeness (QED) is 0.304. The van der Waals surface area contributed by atoms with Gasteiger partial charge in [-0.25, -0.2) is 0 Å². The fourth-order valence-electron chi connectivity index (χ4n) is 1.46. The predicted molar refractivity (Wildman–Crippen MR) is 89.0 cm³/mol. The molecule has 0 saturated carbocycles. The van der Waals surface area contributed by atoms with Crippen LogP contribution in [0.15, 0.2) is 21.1 Å². The van der Waals surface area contributed by atoms with E-state index in [9.17, 15) is 13.2 Å². The maximum absolute atomic E-state index is 10.7. The van der Waals surface area contributed by atoms with Crippen molar-refractivity contribution in [2.45, 2.75) is 6.42 Å². The summed E-state index contributed by atoms with van der Waals surface area (Å²) >= 11 is 6.67. The monoisotopic (exact) mass is 458 g/mol. The Balaban J connectivity index is 2.24. The second-order valence-electron chi connectivity index (χ2n) is 4.27. The Hall–Kier alpha value is -0.480. The molecular formula is C13H16Br2O6S. The Morgan fingerprint density at radius 3 is 2.27 bits per heavy atom. The van der Waals surface area contributed by atoms with Gasteiger partial charge in [-0.3, -0.25) is 8.98 Å². The van der Waals surface area contributed by atoms with Gasteiger partial charge in [-0.1, -0.05) is 0 Å². The van der Waals surface area contributed by atoms with Crippen molar-refractivity contribution >= 4 is 48.3 Å². The maximum atomic E-state index is 10.7.